The Hall–Kier alpha value is -2.16. The van der Waals surface area contributed by atoms with Gasteiger partial charge in [-0.15, -0.1) is 0 Å². The molecule has 1 aliphatic heterocycles. The molecule has 8 nitrogen and oxygen atoms in total. The molecule has 0 atom stereocenters. The van der Waals surface area contributed by atoms with Crippen LogP contribution in [0.15, 0.2) is 24.5 Å². The lowest BCUT2D eigenvalue weighted by molar-refractivity contribution is -0.383. The summed E-state index contributed by atoms with van der Waals surface area (Å²) < 4.78 is 0. The number of aromatic nitrogens is 2. The van der Waals surface area contributed by atoms with Crippen molar-refractivity contribution in [2.45, 2.75) is 6.54 Å². The highest BCUT2D eigenvalue weighted by Gasteiger charge is 2.28. The fraction of sp³-hybridized carbons (Fsp3) is 0.375. The van der Waals surface area contributed by atoms with Crippen LogP contribution in [0.3, 0.4) is 0 Å². The number of halogens is 2. The summed E-state index contributed by atoms with van der Waals surface area (Å²) in [5.41, 5.74) is 0.646. The number of nitrogens with zero attached hydrogens (tertiary/aromatic N) is 5. The predicted octanol–water partition coefficient (Wildman–Crippen LogP) is 3.06. The molecule has 0 aliphatic carbocycles. The molecule has 1 aromatic carbocycles. The average molecular weight is 397 g/mol. The van der Waals surface area contributed by atoms with Gasteiger partial charge in [0.15, 0.2) is 0 Å². The lowest BCUT2D eigenvalue weighted by Gasteiger charge is -2.32. The molecule has 0 bridgehead atoms. The topological polar surface area (TPSA) is 87.4 Å². The fourth-order valence-corrected chi connectivity index (χ4v) is 3.24. The van der Waals surface area contributed by atoms with Crippen LogP contribution in [0.2, 0.25) is 10.0 Å². The van der Waals surface area contributed by atoms with Crippen molar-refractivity contribution in [2.75, 3.05) is 43.4 Å². The Balaban J connectivity index is 1.85. The van der Waals surface area contributed by atoms with E-state index in [9.17, 15) is 10.1 Å². The molecule has 26 heavy (non-hydrogen) atoms. The van der Waals surface area contributed by atoms with Gasteiger partial charge in [0.25, 0.3) is 0 Å². The van der Waals surface area contributed by atoms with Gasteiger partial charge in [-0.1, -0.05) is 29.3 Å². The number of hydrogen-bond acceptors (Lipinski definition) is 7. The van der Waals surface area contributed by atoms with E-state index in [0.717, 1.165) is 18.7 Å². The van der Waals surface area contributed by atoms with E-state index >= 15 is 0 Å². The summed E-state index contributed by atoms with van der Waals surface area (Å²) in [6.45, 7) is 3.29. The molecule has 2 heterocycles. The predicted molar refractivity (Wildman–Crippen MR) is 102 cm³/mol. The molecule has 2 aromatic rings. The summed E-state index contributed by atoms with van der Waals surface area (Å²) in [7, 11) is 2.02. The number of anilines is 2. The minimum atomic E-state index is -0.445. The number of nitro groups is 1. The number of benzene rings is 1. The minimum Gasteiger partial charge on any atom is -0.360 e. The molecule has 0 saturated carbocycles. The maximum absolute atomic E-state index is 11.7. The quantitative estimate of drug-likeness (QED) is 0.613. The van der Waals surface area contributed by atoms with Gasteiger partial charge in [-0.25, -0.2) is 9.97 Å². The van der Waals surface area contributed by atoms with Crippen LogP contribution < -0.4 is 10.2 Å². The standard InChI is InChI=1S/C16H18Cl2N6O2/c1-22-4-6-23(7-5-22)16-14(24(25)26)15(20-10-21-16)19-9-11-2-3-12(17)8-13(11)18/h2-3,8,10H,4-7,9H2,1H3,(H,19,20,21). The van der Waals surface area contributed by atoms with Crippen LogP contribution in [-0.2, 0) is 6.54 Å². The van der Waals surface area contributed by atoms with E-state index in [4.69, 9.17) is 23.2 Å². The summed E-state index contributed by atoms with van der Waals surface area (Å²) in [5.74, 6) is 0.507. The van der Waals surface area contributed by atoms with Crippen LogP contribution in [0, 0.1) is 10.1 Å². The molecule has 0 spiro atoms. The van der Waals surface area contributed by atoms with Gasteiger partial charge in [-0.2, -0.15) is 0 Å². The molecule has 138 valence electrons. The third kappa shape index (κ3) is 4.14. The Kier molecular flexibility index (Phi) is 5.75. The van der Waals surface area contributed by atoms with Crippen LogP contribution in [0.25, 0.3) is 0 Å². The first-order valence-electron chi connectivity index (χ1n) is 8.06. The highest BCUT2D eigenvalue weighted by Crippen LogP contribution is 2.33. The van der Waals surface area contributed by atoms with Gasteiger partial charge in [-0.05, 0) is 24.7 Å². The van der Waals surface area contributed by atoms with Crippen molar-refractivity contribution in [3.63, 3.8) is 0 Å². The van der Waals surface area contributed by atoms with Crippen LogP contribution in [0.5, 0.6) is 0 Å². The van der Waals surface area contributed by atoms with E-state index in [0.29, 0.717) is 29.0 Å². The third-order valence-corrected chi connectivity index (χ3v) is 4.84. The van der Waals surface area contributed by atoms with Crippen LogP contribution >= 0.6 is 23.2 Å². The van der Waals surface area contributed by atoms with Crippen molar-refractivity contribution >= 4 is 40.5 Å². The van der Waals surface area contributed by atoms with Gasteiger partial charge in [0.1, 0.15) is 6.33 Å². The van der Waals surface area contributed by atoms with Crippen molar-refractivity contribution in [3.05, 3.63) is 50.2 Å². The summed E-state index contributed by atoms with van der Waals surface area (Å²) in [6, 6.07) is 5.12. The molecule has 1 saturated heterocycles. The Labute approximate surface area is 160 Å². The monoisotopic (exact) mass is 396 g/mol. The Bertz CT molecular complexity index is 811. The molecular formula is C16H18Cl2N6O2. The van der Waals surface area contributed by atoms with Gasteiger partial charge in [0.2, 0.25) is 11.6 Å². The molecule has 1 fully saturated rings. The molecule has 1 N–H and O–H groups in total. The number of piperazine rings is 1. The van der Waals surface area contributed by atoms with Crippen LogP contribution in [0.4, 0.5) is 17.3 Å². The van der Waals surface area contributed by atoms with Crippen molar-refractivity contribution in [1.82, 2.24) is 14.9 Å². The number of nitrogens with one attached hydrogen (secondary N) is 1. The Morgan fingerprint density at radius 1 is 1.23 bits per heavy atom. The summed E-state index contributed by atoms with van der Waals surface area (Å²) in [4.78, 5) is 23.5. The zero-order valence-electron chi connectivity index (χ0n) is 14.2. The van der Waals surface area contributed by atoms with E-state index in [1.165, 1.54) is 6.33 Å². The second kappa shape index (κ2) is 8.03. The molecule has 0 unspecified atom stereocenters. The van der Waals surface area contributed by atoms with Crippen LogP contribution in [0.1, 0.15) is 5.56 Å². The van der Waals surface area contributed by atoms with Gasteiger partial charge < -0.3 is 15.1 Å². The van der Waals surface area contributed by atoms with Gasteiger partial charge >= 0.3 is 5.69 Å². The summed E-state index contributed by atoms with van der Waals surface area (Å²) in [6.07, 6.45) is 1.34. The lowest BCUT2D eigenvalue weighted by Crippen LogP contribution is -2.45. The van der Waals surface area contributed by atoms with Gasteiger partial charge in [-0.3, -0.25) is 10.1 Å². The van der Waals surface area contributed by atoms with Gasteiger partial charge in [0, 0.05) is 42.8 Å². The van der Waals surface area contributed by atoms with Crippen molar-refractivity contribution in [3.8, 4) is 0 Å². The molecule has 1 aromatic heterocycles. The number of rotatable bonds is 5. The van der Waals surface area contributed by atoms with E-state index in [2.05, 4.69) is 20.2 Å². The molecule has 3 rings (SSSR count). The molecule has 1 aliphatic rings. The molecule has 0 amide bonds. The highest BCUT2D eigenvalue weighted by atomic mass is 35.5. The first-order chi connectivity index (χ1) is 12.5. The second-order valence-corrected chi connectivity index (χ2v) is 6.87. The lowest BCUT2D eigenvalue weighted by atomic mass is 10.2. The van der Waals surface area contributed by atoms with Gasteiger partial charge in [0.05, 0.1) is 4.92 Å². The van der Waals surface area contributed by atoms with E-state index in [-0.39, 0.29) is 18.1 Å². The van der Waals surface area contributed by atoms with E-state index in [1.54, 1.807) is 18.2 Å². The van der Waals surface area contributed by atoms with Crippen molar-refractivity contribution in [1.29, 1.82) is 0 Å². The molecule has 0 radical (unpaired) electrons. The number of likely N-dealkylation sites (N-methyl/N-ethyl adjacent to an activating group) is 1. The zero-order chi connectivity index (χ0) is 18.7. The number of hydrogen-bond donors (Lipinski definition) is 1. The smallest absolute Gasteiger partial charge is 0.353 e. The first-order valence-corrected chi connectivity index (χ1v) is 8.82. The maximum atomic E-state index is 11.7. The largest absolute Gasteiger partial charge is 0.360 e. The fourth-order valence-electron chi connectivity index (χ4n) is 2.76. The summed E-state index contributed by atoms with van der Waals surface area (Å²) >= 11 is 12.1. The Morgan fingerprint density at radius 3 is 2.62 bits per heavy atom. The SMILES string of the molecule is CN1CCN(c2ncnc(NCc3ccc(Cl)cc3Cl)c2[N+](=O)[O-])CC1. The van der Waals surface area contributed by atoms with Crippen LogP contribution in [-0.4, -0.2) is 53.0 Å². The highest BCUT2D eigenvalue weighted by molar-refractivity contribution is 6.35. The van der Waals surface area contributed by atoms with E-state index < -0.39 is 4.92 Å². The minimum absolute atomic E-state index is 0.123. The second-order valence-electron chi connectivity index (χ2n) is 6.03. The Morgan fingerprint density at radius 2 is 1.96 bits per heavy atom. The maximum Gasteiger partial charge on any atom is 0.353 e. The zero-order valence-corrected chi connectivity index (χ0v) is 15.7. The van der Waals surface area contributed by atoms with E-state index in [1.807, 2.05) is 11.9 Å². The first kappa shape index (κ1) is 18.6. The van der Waals surface area contributed by atoms with Crippen molar-refractivity contribution < 1.29 is 4.92 Å². The molecule has 10 heteroatoms. The summed E-state index contributed by atoms with van der Waals surface area (Å²) in [5, 5.41) is 15.7. The average Bonchev–Trinajstić information content (AvgIpc) is 2.61. The van der Waals surface area contributed by atoms with Crippen molar-refractivity contribution in [2.24, 2.45) is 0 Å². The normalized spacial score (nSPS) is 15.1. The molecular weight excluding hydrogens is 379 g/mol. The third-order valence-electron chi connectivity index (χ3n) is 4.25.